The van der Waals surface area contributed by atoms with Crippen LogP contribution in [0.4, 0.5) is 4.39 Å². The molecule has 0 unspecified atom stereocenters. The Bertz CT molecular complexity index is 781. The Kier molecular flexibility index (Phi) is 10.7. The minimum Gasteiger partial charge on any atom is -0.394 e. The lowest BCUT2D eigenvalue weighted by Gasteiger charge is -2.41. The maximum Gasteiger partial charge on any atom is 0.243 e. The van der Waals surface area contributed by atoms with E-state index in [4.69, 9.17) is 5.73 Å². The molecule has 2 amide bonds. The summed E-state index contributed by atoms with van der Waals surface area (Å²) in [4.78, 5) is 31.4. The fourth-order valence-corrected chi connectivity index (χ4v) is 4.50. The lowest BCUT2D eigenvalue weighted by molar-refractivity contribution is -0.155. The van der Waals surface area contributed by atoms with Gasteiger partial charge in [0.05, 0.1) is 36.6 Å². The molecule has 2 fully saturated rings. The molecule has 1 aliphatic carbocycles. The number of nitrogens with one attached hydrogen (secondary N) is 2. The lowest BCUT2D eigenvalue weighted by Crippen LogP contribution is -2.53. The van der Waals surface area contributed by atoms with E-state index in [1.165, 1.54) is 6.92 Å². The topological polar surface area (TPSA) is 147 Å². The maximum atomic E-state index is 15.4. The second-order valence-electron chi connectivity index (χ2n) is 9.08. The van der Waals surface area contributed by atoms with Gasteiger partial charge >= 0.3 is 0 Å². The molecule has 0 aromatic carbocycles. The number of amides is 2. The molecule has 1 saturated carbocycles. The van der Waals surface area contributed by atoms with Gasteiger partial charge in [0.25, 0.3) is 0 Å². The number of aliphatic hydroxyl groups is 1. The summed E-state index contributed by atoms with van der Waals surface area (Å²) >= 11 is 0. The van der Waals surface area contributed by atoms with Gasteiger partial charge in [-0.2, -0.15) is 0 Å². The predicted molar refractivity (Wildman–Crippen MR) is 126 cm³/mol. The van der Waals surface area contributed by atoms with E-state index in [-0.39, 0.29) is 43.0 Å². The van der Waals surface area contributed by atoms with Gasteiger partial charge in [0.15, 0.2) is 11.6 Å². The van der Waals surface area contributed by atoms with Crippen molar-refractivity contribution >= 4 is 18.2 Å². The number of piperazine rings is 1. The normalized spacial score (nSPS) is 21.6. The number of hydroxylamine groups is 2. The average molecular weight is 484 g/mol. The van der Waals surface area contributed by atoms with Gasteiger partial charge in [0.2, 0.25) is 12.3 Å². The van der Waals surface area contributed by atoms with E-state index < -0.39 is 17.7 Å². The molecule has 12 heteroatoms. The van der Waals surface area contributed by atoms with E-state index in [9.17, 15) is 19.9 Å². The number of hydrogen-bond acceptors (Lipinski definition) is 8. The number of carbonyl (C=O) groups is 2. The van der Waals surface area contributed by atoms with E-state index in [2.05, 4.69) is 22.4 Å². The zero-order valence-electron chi connectivity index (χ0n) is 20.0. The molecule has 0 aromatic rings. The molecule has 192 valence electrons. The highest BCUT2D eigenvalue weighted by atomic mass is 19.1. The van der Waals surface area contributed by atoms with E-state index in [1.54, 1.807) is 4.90 Å². The molecular formula is C22H38FN7O4. The van der Waals surface area contributed by atoms with Crippen molar-refractivity contribution in [1.29, 1.82) is 0 Å². The van der Waals surface area contributed by atoms with Crippen molar-refractivity contribution in [3.05, 3.63) is 23.9 Å². The molecule has 0 aromatic heterocycles. The van der Waals surface area contributed by atoms with Crippen molar-refractivity contribution < 1.29 is 24.3 Å². The standard InChI is InChI=1S/C22H38FN7O4/c1-15(30-9-8-28(3)12-19(30)13-31)20(23)21(25-16(2)24)26-27-22(33)18(11-29(34)14-32)10-17-6-4-5-7-17/h14,17-19,26,31,34H,1,4-13H2,2-3H3,(H2,24,25)(H,27,33)/b21-20-/t18-,19-/m1/s1. The molecule has 11 nitrogen and oxygen atoms in total. The van der Waals surface area contributed by atoms with Crippen LogP contribution in [0.5, 0.6) is 0 Å². The minimum atomic E-state index is -0.822. The summed E-state index contributed by atoms with van der Waals surface area (Å²) in [6, 6.07) is -0.342. The number of halogens is 1. The fourth-order valence-electron chi connectivity index (χ4n) is 4.50. The monoisotopic (exact) mass is 483 g/mol. The van der Waals surface area contributed by atoms with Gasteiger partial charge < -0.3 is 20.6 Å². The molecule has 1 heterocycles. The van der Waals surface area contributed by atoms with E-state index in [1.807, 2.05) is 11.9 Å². The second kappa shape index (κ2) is 13.3. The van der Waals surface area contributed by atoms with E-state index in [0.29, 0.717) is 37.0 Å². The van der Waals surface area contributed by atoms with Crippen molar-refractivity contribution in [2.45, 2.75) is 45.1 Å². The van der Waals surface area contributed by atoms with Gasteiger partial charge in [-0.05, 0) is 26.3 Å². The summed E-state index contributed by atoms with van der Waals surface area (Å²) in [6.07, 6.45) is 4.87. The van der Waals surface area contributed by atoms with Gasteiger partial charge in [0, 0.05) is 19.6 Å². The van der Waals surface area contributed by atoms with Crippen LogP contribution in [-0.4, -0.2) is 89.2 Å². The summed E-state index contributed by atoms with van der Waals surface area (Å²) in [6.45, 7) is 6.62. The Balaban J connectivity index is 2.16. The summed E-state index contributed by atoms with van der Waals surface area (Å²) < 4.78 is 15.4. The van der Waals surface area contributed by atoms with Crippen LogP contribution in [0, 0.1) is 11.8 Å². The second-order valence-corrected chi connectivity index (χ2v) is 9.08. The third-order valence-corrected chi connectivity index (χ3v) is 6.29. The molecule has 1 saturated heterocycles. The zero-order valence-corrected chi connectivity index (χ0v) is 20.0. The van der Waals surface area contributed by atoms with Crippen LogP contribution < -0.4 is 16.6 Å². The summed E-state index contributed by atoms with van der Waals surface area (Å²) in [5, 5.41) is 19.8. The minimum absolute atomic E-state index is 0.0129. The number of aliphatic imine (C=N–C) groups is 1. The Labute approximate surface area is 200 Å². The number of nitrogens with zero attached hydrogens (tertiary/aromatic N) is 4. The Morgan fingerprint density at radius 2 is 2.03 bits per heavy atom. The van der Waals surface area contributed by atoms with Crippen LogP contribution in [0.1, 0.15) is 39.0 Å². The number of aliphatic hydroxyl groups excluding tert-OH is 1. The van der Waals surface area contributed by atoms with Crippen LogP contribution in [-0.2, 0) is 9.59 Å². The van der Waals surface area contributed by atoms with Gasteiger partial charge in [0.1, 0.15) is 0 Å². The Morgan fingerprint density at radius 1 is 1.35 bits per heavy atom. The Morgan fingerprint density at radius 3 is 2.62 bits per heavy atom. The molecule has 34 heavy (non-hydrogen) atoms. The number of hydrogen-bond donors (Lipinski definition) is 5. The predicted octanol–water partition coefficient (Wildman–Crippen LogP) is 0.289. The first-order chi connectivity index (χ1) is 16.2. The number of nitrogens with two attached hydrogens (primary N) is 1. The van der Waals surface area contributed by atoms with Gasteiger partial charge in [-0.15, -0.1) is 0 Å². The van der Waals surface area contributed by atoms with Crippen LogP contribution in [0.3, 0.4) is 0 Å². The van der Waals surface area contributed by atoms with E-state index >= 15 is 4.39 Å². The smallest absolute Gasteiger partial charge is 0.243 e. The maximum absolute atomic E-state index is 15.4. The zero-order chi connectivity index (χ0) is 25.3. The number of carbonyl (C=O) groups excluding carboxylic acids is 2. The molecule has 0 radical (unpaired) electrons. The van der Waals surface area contributed by atoms with Crippen LogP contribution in [0.2, 0.25) is 0 Å². The molecule has 2 aliphatic rings. The Hall–Kier alpha value is -2.70. The third kappa shape index (κ3) is 7.96. The molecule has 6 N–H and O–H groups in total. The number of rotatable bonds is 12. The summed E-state index contributed by atoms with van der Waals surface area (Å²) in [5.74, 6) is -1.98. The first kappa shape index (κ1) is 27.5. The summed E-state index contributed by atoms with van der Waals surface area (Å²) in [5.41, 5.74) is 10.6. The van der Waals surface area contributed by atoms with Gasteiger partial charge in [-0.3, -0.25) is 25.6 Å². The first-order valence-electron chi connectivity index (χ1n) is 11.6. The highest BCUT2D eigenvalue weighted by Crippen LogP contribution is 2.30. The SMILES string of the molecule is C=C(/C(F)=C(\N=C(C)N)NNC(=O)[C@H](CC1CCCC1)CN(O)C=O)N1CCN(C)C[C@@H]1CO. The van der Waals surface area contributed by atoms with Crippen LogP contribution in [0.25, 0.3) is 0 Å². The molecular weight excluding hydrogens is 445 g/mol. The van der Waals surface area contributed by atoms with Gasteiger partial charge in [-0.25, -0.2) is 14.4 Å². The van der Waals surface area contributed by atoms with Crippen LogP contribution in [0.15, 0.2) is 28.9 Å². The highest BCUT2D eigenvalue weighted by molar-refractivity contribution is 5.80. The first-order valence-corrected chi connectivity index (χ1v) is 11.6. The van der Waals surface area contributed by atoms with Crippen molar-refractivity contribution in [2.75, 3.05) is 39.8 Å². The number of allylic oxidation sites excluding steroid dienone is 1. The average Bonchev–Trinajstić information content (AvgIpc) is 3.32. The van der Waals surface area contributed by atoms with Crippen LogP contribution >= 0.6 is 0 Å². The molecule has 0 bridgehead atoms. The highest BCUT2D eigenvalue weighted by Gasteiger charge is 2.30. The lowest BCUT2D eigenvalue weighted by atomic mass is 9.92. The quantitative estimate of drug-likeness (QED) is 0.0665. The summed E-state index contributed by atoms with van der Waals surface area (Å²) in [7, 11) is 1.92. The van der Waals surface area contributed by atoms with Gasteiger partial charge in [-0.1, -0.05) is 32.3 Å². The van der Waals surface area contributed by atoms with Crippen molar-refractivity contribution in [2.24, 2.45) is 22.6 Å². The van der Waals surface area contributed by atoms with Crippen molar-refractivity contribution in [3.63, 3.8) is 0 Å². The number of likely N-dealkylation sites (N-methyl/N-ethyl adjacent to an activating group) is 1. The van der Waals surface area contributed by atoms with E-state index in [0.717, 1.165) is 25.7 Å². The fraction of sp³-hybridized carbons (Fsp3) is 0.682. The molecule has 2 atom stereocenters. The third-order valence-electron chi connectivity index (χ3n) is 6.29. The largest absolute Gasteiger partial charge is 0.394 e. The molecule has 1 aliphatic heterocycles. The van der Waals surface area contributed by atoms with Crippen molar-refractivity contribution in [1.82, 2.24) is 25.7 Å². The number of hydrazine groups is 1. The van der Waals surface area contributed by atoms with Crippen molar-refractivity contribution in [3.8, 4) is 0 Å². The molecule has 2 rings (SSSR count). The number of amidine groups is 1. The molecule has 0 spiro atoms.